The molecule has 3 aromatic rings. The highest BCUT2D eigenvalue weighted by Crippen LogP contribution is 2.35. The topological polar surface area (TPSA) is 21.6 Å². The molecule has 2 heteroatoms. The van der Waals surface area contributed by atoms with Crippen LogP contribution in [0.3, 0.4) is 0 Å². The van der Waals surface area contributed by atoms with Crippen LogP contribution in [0.15, 0.2) is 83.9 Å². The van der Waals surface area contributed by atoms with Crippen molar-refractivity contribution in [3.8, 4) is 22.3 Å². The summed E-state index contributed by atoms with van der Waals surface area (Å²) in [6, 6.07) is 27.3. The summed E-state index contributed by atoms with van der Waals surface area (Å²) >= 11 is 0. The van der Waals surface area contributed by atoms with Gasteiger partial charge in [0.1, 0.15) is 5.60 Å². The zero-order valence-electron chi connectivity index (χ0n) is 14.6. The van der Waals surface area contributed by atoms with Gasteiger partial charge in [-0.05, 0) is 36.1 Å². The molecule has 0 spiro atoms. The maximum absolute atomic E-state index is 6.21. The van der Waals surface area contributed by atoms with Crippen LogP contribution in [0.5, 0.6) is 0 Å². The SMILES string of the molecule is CC1(C)CN=C(c2c(-c3ccccc3)cccc2-c2ccccc2)O1. The summed E-state index contributed by atoms with van der Waals surface area (Å²) < 4.78 is 6.21. The highest BCUT2D eigenvalue weighted by molar-refractivity contribution is 6.07. The van der Waals surface area contributed by atoms with Gasteiger partial charge in [-0.25, -0.2) is 4.99 Å². The molecule has 0 bridgehead atoms. The maximum Gasteiger partial charge on any atom is 0.218 e. The third-order valence-corrected chi connectivity index (χ3v) is 4.42. The van der Waals surface area contributed by atoms with Crippen LogP contribution in [0.4, 0.5) is 0 Å². The van der Waals surface area contributed by atoms with Crippen molar-refractivity contribution in [3.63, 3.8) is 0 Å². The molecule has 25 heavy (non-hydrogen) atoms. The summed E-state index contributed by atoms with van der Waals surface area (Å²) in [5, 5.41) is 0. The summed E-state index contributed by atoms with van der Waals surface area (Å²) in [7, 11) is 0. The summed E-state index contributed by atoms with van der Waals surface area (Å²) in [5.41, 5.74) is 5.47. The molecule has 0 saturated heterocycles. The van der Waals surface area contributed by atoms with Crippen LogP contribution in [0.2, 0.25) is 0 Å². The predicted octanol–water partition coefficient (Wildman–Crippen LogP) is 5.58. The van der Waals surface area contributed by atoms with Crippen molar-refractivity contribution in [3.05, 3.63) is 84.4 Å². The Morgan fingerprint density at radius 2 is 1.24 bits per heavy atom. The van der Waals surface area contributed by atoms with Gasteiger partial charge in [0.25, 0.3) is 0 Å². The number of ether oxygens (including phenoxy) is 1. The van der Waals surface area contributed by atoms with Crippen LogP contribution in [-0.2, 0) is 4.74 Å². The number of aliphatic imine (C=N–C) groups is 1. The van der Waals surface area contributed by atoms with Gasteiger partial charge in [-0.2, -0.15) is 0 Å². The summed E-state index contributed by atoms with van der Waals surface area (Å²) in [6.07, 6.45) is 0. The number of hydrogen-bond donors (Lipinski definition) is 0. The van der Waals surface area contributed by atoms with Gasteiger partial charge in [0.05, 0.1) is 12.1 Å². The van der Waals surface area contributed by atoms with Crippen LogP contribution in [0.25, 0.3) is 22.3 Å². The average Bonchev–Trinajstić information content (AvgIpc) is 3.02. The number of rotatable bonds is 3. The first-order valence-corrected chi connectivity index (χ1v) is 8.62. The Labute approximate surface area is 148 Å². The lowest BCUT2D eigenvalue weighted by molar-refractivity contribution is 0.131. The van der Waals surface area contributed by atoms with Gasteiger partial charge in [0.15, 0.2) is 0 Å². The van der Waals surface area contributed by atoms with Gasteiger partial charge in [-0.1, -0.05) is 78.9 Å². The standard InChI is InChI=1S/C23H21NO/c1-23(2)16-24-22(25-23)21-19(17-10-5-3-6-11-17)14-9-15-20(21)18-12-7-4-8-13-18/h3-15H,16H2,1-2H3. The molecule has 1 aliphatic rings. The van der Waals surface area contributed by atoms with Gasteiger partial charge in [0, 0.05) is 0 Å². The fourth-order valence-corrected chi connectivity index (χ4v) is 3.22. The molecule has 0 radical (unpaired) electrons. The van der Waals surface area contributed by atoms with Crippen LogP contribution in [0, 0.1) is 0 Å². The van der Waals surface area contributed by atoms with Gasteiger partial charge in [-0.3, -0.25) is 0 Å². The van der Waals surface area contributed by atoms with Gasteiger partial charge in [-0.15, -0.1) is 0 Å². The third kappa shape index (κ3) is 3.08. The highest BCUT2D eigenvalue weighted by Gasteiger charge is 2.31. The molecule has 0 aromatic heterocycles. The molecular weight excluding hydrogens is 306 g/mol. The van der Waals surface area contributed by atoms with Gasteiger partial charge >= 0.3 is 0 Å². The normalized spacial score (nSPS) is 15.5. The largest absolute Gasteiger partial charge is 0.469 e. The second kappa shape index (κ2) is 6.21. The second-order valence-electron chi connectivity index (χ2n) is 6.94. The summed E-state index contributed by atoms with van der Waals surface area (Å²) in [5.74, 6) is 0.739. The molecule has 2 nitrogen and oxygen atoms in total. The van der Waals surface area contributed by atoms with Crippen molar-refractivity contribution in [1.29, 1.82) is 0 Å². The molecule has 0 N–H and O–H groups in total. The molecule has 3 aromatic carbocycles. The minimum Gasteiger partial charge on any atom is -0.469 e. The molecule has 0 atom stereocenters. The second-order valence-corrected chi connectivity index (χ2v) is 6.94. The van der Waals surface area contributed by atoms with E-state index in [1.807, 2.05) is 12.1 Å². The fraction of sp³-hybridized carbons (Fsp3) is 0.174. The lowest BCUT2D eigenvalue weighted by atomic mass is 9.91. The van der Waals surface area contributed by atoms with E-state index in [0.29, 0.717) is 6.54 Å². The van der Waals surface area contributed by atoms with E-state index >= 15 is 0 Å². The molecule has 0 saturated carbocycles. The number of nitrogens with zero attached hydrogens (tertiary/aromatic N) is 1. The van der Waals surface area contributed by atoms with Gasteiger partial charge in [0.2, 0.25) is 5.90 Å². The van der Waals surface area contributed by atoms with Crippen LogP contribution in [-0.4, -0.2) is 18.0 Å². The first-order valence-electron chi connectivity index (χ1n) is 8.62. The molecular formula is C23H21NO. The van der Waals surface area contributed by atoms with E-state index < -0.39 is 0 Å². The first-order chi connectivity index (χ1) is 12.1. The number of hydrogen-bond acceptors (Lipinski definition) is 2. The van der Waals surface area contributed by atoms with E-state index in [9.17, 15) is 0 Å². The quantitative estimate of drug-likeness (QED) is 0.616. The zero-order chi connectivity index (χ0) is 17.3. The molecule has 0 amide bonds. The lowest BCUT2D eigenvalue weighted by Gasteiger charge is -2.20. The van der Waals surface area contributed by atoms with E-state index in [0.717, 1.165) is 22.6 Å². The Bertz CT molecular complexity index is 854. The van der Waals surface area contributed by atoms with E-state index in [-0.39, 0.29) is 5.60 Å². The lowest BCUT2D eigenvalue weighted by Crippen LogP contribution is -2.24. The Morgan fingerprint density at radius 3 is 1.68 bits per heavy atom. The number of benzene rings is 3. The van der Waals surface area contributed by atoms with E-state index in [1.165, 1.54) is 11.1 Å². The van der Waals surface area contributed by atoms with Crippen molar-refractivity contribution in [1.82, 2.24) is 0 Å². The first kappa shape index (κ1) is 15.6. The Balaban J connectivity index is 1.94. The molecule has 1 heterocycles. The van der Waals surface area contributed by atoms with Crippen LogP contribution < -0.4 is 0 Å². The third-order valence-electron chi connectivity index (χ3n) is 4.42. The van der Waals surface area contributed by atoms with E-state index in [4.69, 9.17) is 9.73 Å². The molecule has 0 unspecified atom stereocenters. The van der Waals surface area contributed by atoms with Crippen LogP contribution in [0.1, 0.15) is 19.4 Å². The molecule has 0 aliphatic carbocycles. The minimum absolute atomic E-state index is 0.257. The average molecular weight is 327 g/mol. The molecule has 1 aliphatic heterocycles. The molecule has 4 rings (SSSR count). The van der Waals surface area contributed by atoms with Gasteiger partial charge < -0.3 is 4.74 Å². The Morgan fingerprint density at radius 1 is 0.720 bits per heavy atom. The Hall–Kier alpha value is -2.87. The van der Waals surface area contributed by atoms with Crippen LogP contribution >= 0.6 is 0 Å². The Kier molecular flexibility index (Phi) is 3.89. The van der Waals surface area contributed by atoms with Crippen molar-refractivity contribution in [2.75, 3.05) is 6.54 Å². The summed E-state index contributed by atoms with van der Waals surface area (Å²) in [6.45, 7) is 4.84. The predicted molar refractivity (Wildman–Crippen MR) is 104 cm³/mol. The molecule has 0 fully saturated rings. The van der Waals surface area contributed by atoms with E-state index in [1.54, 1.807) is 0 Å². The van der Waals surface area contributed by atoms with Crippen molar-refractivity contribution in [2.24, 2.45) is 4.99 Å². The highest BCUT2D eigenvalue weighted by atomic mass is 16.5. The monoisotopic (exact) mass is 327 g/mol. The summed E-state index contributed by atoms with van der Waals surface area (Å²) in [4.78, 5) is 4.73. The van der Waals surface area contributed by atoms with Crippen molar-refractivity contribution >= 4 is 5.90 Å². The van der Waals surface area contributed by atoms with Crippen molar-refractivity contribution < 1.29 is 4.74 Å². The smallest absolute Gasteiger partial charge is 0.218 e. The zero-order valence-corrected chi connectivity index (χ0v) is 14.6. The van der Waals surface area contributed by atoms with Crippen molar-refractivity contribution in [2.45, 2.75) is 19.4 Å². The minimum atomic E-state index is -0.257. The maximum atomic E-state index is 6.21. The molecule has 124 valence electrons. The van der Waals surface area contributed by atoms with E-state index in [2.05, 4.69) is 80.6 Å². The fourth-order valence-electron chi connectivity index (χ4n) is 3.22.